The second-order valence-electron chi connectivity index (χ2n) is 26.0. The van der Waals surface area contributed by atoms with Crippen LogP contribution in [0.4, 0.5) is 4.79 Å². The Kier molecular flexibility index (Phi) is 34.7. The molecular formula is C72H101N19O15S. The summed E-state index contributed by atoms with van der Waals surface area (Å²) in [6.07, 6.45) is -0.109. The van der Waals surface area contributed by atoms with Gasteiger partial charge >= 0.3 is 6.03 Å². The number of hydrogen-bond acceptors (Lipinski definition) is 22. The smallest absolute Gasteiger partial charge is 0.345 e. The summed E-state index contributed by atoms with van der Waals surface area (Å²) in [5.74, 6) is -10.1. The Labute approximate surface area is 624 Å². The average molecular weight is 1500 g/mol. The van der Waals surface area contributed by atoms with E-state index < -0.39 is 158 Å². The summed E-state index contributed by atoms with van der Waals surface area (Å²) in [5.41, 5.74) is 26.0. The number of fused-ring (bicyclic) bond motifs is 1. The van der Waals surface area contributed by atoms with E-state index in [0.29, 0.717) is 43.2 Å². The largest absolute Gasteiger partial charge is 0.395 e. The molecular weight excluding hydrogens is 1400 g/mol. The van der Waals surface area contributed by atoms with E-state index in [1.54, 1.807) is 117 Å². The van der Waals surface area contributed by atoms with E-state index in [2.05, 4.69) is 68.6 Å². The van der Waals surface area contributed by atoms with E-state index in [4.69, 9.17) is 22.9 Å². The van der Waals surface area contributed by atoms with E-state index in [1.807, 2.05) is 6.07 Å². The predicted octanol–water partition coefficient (Wildman–Crippen LogP) is -2.52. The third-order valence-corrected chi connectivity index (χ3v) is 18.2. The van der Waals surface area contributed by atoms with E-state index in [-0.39, 0.29) is 96.0 Å². The van der Waals surface area contributed by atoms with Crippen molar-refractivity contribution < 1.29 is 72.9 Å². The van der Waals surface area contributed by atoms with Crippen molar-refractivity contribution in [2.45, 2.75) is 162 Å². The van der Waals surface area contributed by atoms with Crippen LogP contribution in [-0.4, -0.2) is 232 Å². The van der Waals surface area contributed by atoms with Gasteiger partial charge in [0, 0.05) is 60.9 Å². The van der Waals surface area contributed by atoms with Gasteiger partial charge in [-0.3, -0.25) is 57.7 Å². The number of aromatic nitrogens is 3. The van der Waals surface area contributed by atoms with Gasteiger partial charge in [0.25, 0.3) is 5.91 Å². The Bertz CT molecular complexity index is 3880. The molecule has 3 heterocycles. The minimum absolute atomic E-state index is 0.0249. The van der Waals surface area contributed by atoms with Crippen LogP contribution < -0.4 is 81.4 Å². The van der Waals surface area contributed by atoms with Crippen molar-refractivity contribution in [3.63, 3.8) is 0 Å². The van der Waals surface area contributed by atoms with Gasteiger partial charge in [-0.05, 0) is 151 Å². The molecule has 12 amide bonds. The Morgan fingerprint density at radius 2 is 1.27 bits per heavy atom. The standard InChI is InChI=1S/C72H101N19O15S/c1-41(2)38-55-68(102)82-51(24-30-74)64(98)81-53(26-32-76)67(101)88-60(42(3)93)70(104)79-34-27-54(66(100)80-52(25-31-75)65(99)86-56(69(103)85-55)39-44-14-7-6-8-15-44)83-63(97)50(18-13-29-73)84-71(105)61(43(4)94)87-59(95)28-35-90(36-37-92)72(106)91-57-40-46(107-58-19-10-9-17-48(58)62(96)77-5)21-22-47(57)49(89-91)23-20-45-16-11-12-33-78-45/h6-12,14-17,19-23,33,40-43,50-56,60-61,92-94H,13,18,24-32,34-39,73-76H2,1-5H3,(H,77,96)(H,79,104)(H,80,100)(H,81,98)(H,82,102)(H,83,97)(H,84,105)(H,85,103)(H,86,99)(H,87,95)(H,88,101)/b23-20+/t42-,43-,50-,51-,52-,53-,54+,55-,56-,60-,61+/m1/s1. The fourth-order valence-corrected chi connectivity index (χ4v) is 12.5. The molecule has 0 bridgehead atoms. The minimum Gasteiger partial charge on any atom is -0.395 e. The van der Waals surface area contributed by atoms with E-state index >= 15 is 0 Å². The maximum Gasteiger partial charge on any atom is 0.345 e. The topological polar surface area (TPSA) is 536 Å². The second kappa shape index (κ2) is 43.4. The normalized spacial score (nSPS) is 20.0. The molecule has 22 N–H and O–H groups in total. The molecule has 0 spiro atoms. The van der Waals surface area contributed by atoms with Crippen molar-refractivity contribution in [2.24, 2.45) is 28.9 Å². The lowest BCUT2D eigenvalue weighted by atomic mass is 10.00. The number of nitrogens with zero attached hydrogens (tertiary/aromatic N) is 4. The molecule has 5 aromatic rings. The first-order chi connectivity index (χ1) is 51.2. The molecule has 11 atom stereocenters. The van der Waals surface area contributed by atoms with Crippen LogP contribution in [0.1, 0.15) is 106 Å². The highest BCUT2D eigenvalue weighted by molar-refractivity contribution is 7.99. The number of carbonyl (C=O) groups excluding carboxylic acids is 12. The van der Waals surface area contributed by atoms with Crippen LogP contribution in [0.25, 0.3) is 23.1 Å². The zero-order chi connectivity index (χ0) is 78.3. The number of nitrogens with two attached hydrogens (primary N) is 4. The molecule has 0 aliphatic carbocycles. The molecule has 0 radical (unpaired) electrons. The van der Waals surface area contributed by atoms with Gasteiger partial charge < -0.3 is 102 Å². The first-order valence-corrected chi connectivity index (χ1v) is 36.3. The third kappa shape index (κ3) is 26.0. The molecule has 0 unspecified atom stereocenters. The monoisotopic (exact) mass is 1500 g/mol. The van der Waals surface area contributed by atoms with Crippen LogP contribution in [0.5, 0.6) is 0 Å². The summed E-state index contributed by atoms with van der Waals surface area (Å²) in [4.78, 5) is 178. The number of hydrogen-bond donors (Lipinski definition) is 18. The molecule has 107 heavy (non-hydrogen) atoms. The van der Waals surface area contributed by atoms with E-state index in [9.17, 15) is 72.9 Å². The highest BCUT2D eigenvalue weighted by atomic mass is 32.2. The van der Waals surface area contributed by atoms with Crippen LogP contribution >= 0.6 is 11.8 Å². The Morgan fingerprint density at radius 3 is 1.87 bits per heavy atom. The third-order valence-electron chi connectivity index (χ3n) is 17.2. The lowest BCUT2D eigenvalue weighted by Crippen LogP contribution is -2.61. The van der Waals surface area contributed by atoms with Gasteiger partial charge in [0.05, 0.1) is 41.3 Å². The highest BCUT2D eigenvalue weighted by Gasteiger charge is 2.38. The fraction of sp³-hybridized carbons (Fsp3) is 0.472. The van der Waals surface area contributed by atoms with Gasteiger partial charge in [0.2, 0.25) is 59.1 Å². The van der Waals surface area contributed by atoms with Crippen LogP contribution in [0.2, 0.25) is 0 Å². The van der Waals surface area contributed by atoms with Crippen molar-refractivity contribution in [1.29, 1.82) is 0 Å². The summed E-state index contributed by atoms with van der Waals surface area (Å²) in [5, 5.41) is 65.8. The van der Waals surface area contributed by atoms with Crippen molar-refractivity contribution in [3.05, 3.63) is 120 Å². The lowest BCUT2D eigenvalue weighted by Gasteiger charge is -2.28. The molecule has 6 rings (SSSR count). The number of rotatable bonds is 30. The molecule has 1 saturated heterocycles. The first kappa shape index (κ1) is 85.7. The van der Waals surface area contributed by atoms with Crippen LogP contribution in [0.15, 0.2) is 107 Å². The number of amides is 12. The van der Waals surface area contributed by atoms with Crippen LogP contribution in [-0.2, 0) is 54.4 Å². The summed E-state index contributed by atoms with van der Waals surface area (Å²) < 4.78 is 1.12. The first-order valence-electron chi connectivity index (χ1n) is 35.5. The maximum absolute atomic E-state index is 14.8. The van der Waals surface area contributed by atoms with Gasteiger partial charge in [-0.25, -0.2) is 4.79 Å². The number of benzene rings is 3. The Morgan fingerprint density at radius 1 is 0.673 bits per heavy atom. The Hall–Kier alpha value is -10.3. The summed E-state index contributed by atoms with van der Waals surface area (Å²) >= 11 is 1.27. The molecule has 3 aromatic carbocycles. The van der Waals surface area contributed by atoms with Gasteiger partial charge in [0.15, 0.2) is 0 Å². The van der Waals surface area contributed by atoms with Gasteiger partial charge in [-0.1, -0.05) is 74.1 Å². The van der Waals surface area contributed by atoms with Gasteiger partial charge in [-0.15, -0.1) is 0 Å². The number of pyridine rings is 1. The quantitative estimate of drug-likeness (QED) is 0.0226. The zero-order valence-corrected chi connectivity index (χ0v) is 61.4. The SMILES string of the molecule is CNC(=O)c1ccccc1Sc1ccc2c(/C=C/c3ccccn3)nn(C(=O)N(CCO)CCC(=O)N[C@H](C(=O)N[C@H](CCCN)C(=O)N[C@H]3CCNC(=O)[C@@H]([C@@H](C)O)NC(=O)[C@@H](CCN)NC(=O)[C@@H](CCN)NC(=O)[C@@H](CC(C)C)NC(=O)[C@@H](Cc4ccccc4)NC(=O)[C@@H](CCN)NC3=O)[C@@H](C)O)c2c1. The zero-order valence-electron chi connectivity index (χ0n) is 60.6. The fourth-order valence-electron chi connectivity index (χ4n) is 11.5. The molecule has 35 heteroatoms. The predicted molar refractivity (Wildman–Crippen MR) is 398 cm³/mol. The van der Waals surface area contributed by atoms with Gasteiger partial charge in [0.1, 0.15) is 54.4 Å². The van der Waals surface area contributed by atoms with Crippen molar-refractivity contribution >= 4 is 106 Å². The number of aliphatic hydroxyl groups is 3. The maximum atomic E-state index is 14.8. The van der Waals surface area contributed by atoms with E-state index in [0.717, 1.165) is 9.58 Å². The molecule has 580 valence electrons. The summed E-state index contributed by atoms with van der Waals surface area (Å²) in [6.45, 7) is 3.68. The average Bonchev–Trinajstić information content (AvgIpc) is 1.64. The van der Waals surface area contributed by atoms with Crippen molar-refractivity contribution in [1.82, 2.24) is 78.1 Å². The lowest BCUT2D eigenvalue weighted by molar-refractivity contribution is -0.136. The summed E-state index contributed by atoms with van der Waals surface area (Å²) in [7, 11) is 1.52. The van der Waals surface area contributed by atoms with E-state index in [1.165, 1.54) is 32.7 Å². The number of aliphatic hydroxyl groups excluding tert-OH is 3. The van der Waals surface area contributed by atoms with Crippen molar-refractivity contribution in [3.8, 4) is 0 Å². The molecule has 1 aliphatic heterocycles. The Balaban J connectivity index is 1.27. The van der Waals surface area contributed by atoms with Crippen molar-refractivity contribution in [2.75, 3.05) is 59.5 Å². The number of nitrogens with one attached hydrogen (secondary N) is 11. The molecule has 1 aliphatic rings. The molecule has 34 nitrogen and oxygen atoms in total. The molecule has 1 fully saturated rings. The van der Waals surface area contributed by atoms with Crippen LogP contribution in [0, 0.1) is 5.92 Å². The minimum atomic E-state index is -1.77. The number of carbonyl (C=O) groups is 12. The molecule has 0 saturated carbocycles. The second-order valence-corrected chi connectivity index (χ2v) is 27.1. The highest BCUT2D eigenvalue weighted by Crippen LogP contribution is 2.34. The van der Waals surface area contributed by atoms with Crippen LogP contribution in [0.3, 0.4) is 0 Å². The molecule has 2 aromatic heterocycles. The van der Waals surface area contributed by atoms with Gasteiger partial charge in [-0.2, -0.15) is 9.78 Å². The summed E-state index contributed by atoms with van der Waals surface area (Å²) in [6, 6.07) is 11.4.